The Balaban J connectivity index is 2.57. The van der Waals surface area contributed by atoms with Crippen molar-refractivity contribution in [1.82, 2.24) is 4.90 Å². The monoisotopic (exact) mass is 281 g/mol. The number of methoxy groups -OCH3 is 1. The lowest BCUT2D eigenvalue weighted by Gasteiger charge is -2.21. The number of amides is 1. The molecule has 1 aromatic carbocycles. The number of hydrogen-bond donors (Lipinski definition) is 1. The molecule has 0 aliphatic heterocycles. The average molecular weight is 281 g/mol. The molecule has 1 rings (SSSR count). The maximum Gasteiger partial charge on any atom is 0.260 e. The van der Waals surface area contributed by atoms with Gasteiger partial charge in [-0.25, -0.2) is 0 Å². The van der Waals surface area contributed by atoms with E-state index >= 15 is 0 Å². The van der Waals surface area contributed by atoms with Gasteiger partial charge in [0.05, 0.1) is 13.2 Å². The maximum absolute atomic E-state index is 12.0. The molecular formula is C15H23NO4. The minimum absolute atomic E-state index is 0.0337. The summed E-state index contributed by atoms with van der Waals surface area (Å²) in [6.07, 6.45) is 0. The summed E-state index contributed by atoms with van der Waals surface area (Å²) in [6.45, 7) is 5.04. The number of rotatable bonds is 8. The SMILES string of the molecule is COCCN(CCO)C(=O)COc1cccc(C)c1C. The molecule has 5 nitrogen and oxygen atoms in total. The highest BCUT2D eigenvalue weighted by Gasteiger charge is 2.14. The minimum Gasteiger partial charge on any atom is -0.483 e. The zero-order valence-electron chi connectivity index (χ0n) is 12.4. The Morgan fingerprint density at radius 1 is 1.30 bits per heavy atom. The molecule has 0 spiro atoms. The van der Waals surface area contributed by atoms with Gasteiger partial charge in [0.15, 0.2) is 6.61 Å². The van der Waals surface area contributed by atoms with E-state index in [4.69, 9.17) is 14.6 Å². The number of nitrogens with zero attached hydrogens (tertiary/aromatic N) is 1. The Hall–Kier alpha value is -1.59. The molecule has 0 aromatic heterocycles. The van der Waals surface area contributed by atoms with Gasteiger partial charge in [-0.3, -0.25) is 4.79 Å². The molecule has 1 aromatic rings. The molecule has 0 bridgehead atoms. The highest BCUT2D eigenvalue weighted by atomic mass is 16.5. The van der Waals surface area contributed by atoms with Gasteiger partial charge in [-0.15, -0.1) is 0 Å². The van der Waals surface area contributed by atoms with Crippen LogP contribution in [0.3, 0.4) is 0 Å². The number of aryl methyl sites for hydroxylation is 1. The zero-order valence-corrected chi connectivity index (χ0v) is 12.4. The van der Waals surface area contributed by atoms with E-state index in [0.717, 1.165) is 11.1 Å². The fourth-order valence-electron chi connectivity index (χ4n) is 1.79. The summed E-state index contributed by atoms with van der Waals surface area (Å²) in [7, 11) is 1.58. The largest absolute Gasteiger partial charge is 0.483 e. The number of aliphatic hydroxyl groups excluding tert-OH is 1. The Morgan fingerprint density at radius 3 is 2.70 bits per heavy atom. The lowest BCUT2D eigenvalue weighted by molar-refractivity contribution is -0.134. The summed E-state index contributed by atoms with van der Waals surface area (Å²) in [5.74, 6) is 0.561. The van der Waals surface area contributed by atoms with Crippen LogP contribution in [0, 0.1) is 13.8 Å². The van der Waals surface area contributed by atoms with E-state index in [-0.39, 0.29) is 19.1 Å². The van der Waals surface area contributed by atoms with Crippen LogP contribution >= 0.6 is 0 Å². The first-order valence-corrected chi connectivity index (χ1v) is 6.66. The summed E-state index contributed by atoms with van der Waals surface area (Å²) in [6, 6.07) is 5.75. The number of hydrogen-bond acceptors (Lipinski definition) is 4. The molecule has 20 heavy (non-hydrogen) atoms. The summed E-state index contributed by atoms with van der Waals surface area (Å²) in [4.78, 5) is 13.6. The molecule has 5 heteroatoms. The van der Waals surface area contributed by atoms with Crippen LogP contribution in [-0.2, 0) is 9.53 Å². The van der Waals surface area contributed by atoms with Gasteiger partial charge in [-0.2, -0.15) is 0 Å². The fourth-order valence-corrected chi connectivity index (χ4v) is 1.79. The molecular weight excluding hydrogens is 258 g/mol. The molecule has 0 aliphatic rings. The average Bonchev–Trinajstić information content (AvgIpc) is 2.44. The number of carbonyl (C=O) groups excluding carboxylic acids is 1. The van der Waals surface area contributed by atoms with Gasteiger partial charge in [0, 0.05) is 20.2 Å². The molecule has 1 amide bonds. The van der Waals surface area contributed by atoms with Crippen LogP contribution in [0.5, 0.6) is 5.75 Å². The van der Waals surface area contributed by atoms with Crippen molar-refractivity contribution in [3.63, 3.8) is 0 Å². The molecule has 112 valence electrons. The van der Waals surface area contributed by atoms with Gasteiger partial charge in [0.25, 0.3) is 5.91 Å². The Labute approximate surface area is 120 Å². The van der Waals surface area contributed by atoms with E-state index in [0.29, 0.717) is 25.4 Å². The highest BCUT2D eigenvalue weighted by molar-refractivity contribution is 5.77. The zero-order chi connectivity index (χ0) is 15.0. The molecule has 0 saturated heterocycles. The van der Waals surface area contributed by atoms with Gasteiger partial charge in [-0.1, -0.05) is 12.1 Å². The van der Waals surface area contributed by atoms with E-state index in [1.165, 1.54) is 4.90 Å². The second-order valence-corrected chi connectivity index (χ2v) is 4.58. The summed E-state index contributed by atoms with van der Waals surface area (Å²) < 4.78 is 10.5. The molecule has 0 aliphatic carbocycles. The van der Waals surface area contributed by atoms with Gasteiger partial charge in [0.1, 0.15) is 5.75 Å². The third-order valence-electron chi connectivity index (χ3n) is 3.19. The smallest absolute Gasteiger partial charge is 0.260 e. The maximum atomic E-state index is 12.0. The highest BCUT2D eigenvalue weighted by Crippen LogP contribution is 2.20. The second-order valence-electron chi connectivity index (χ2n) is 4.58. The molecule has 0 heterocycles. The van der Waals surface area contributed by atoms with Crippen molar-refractivity contribution in [3.05, 3.63) is 29.3 Å². The topological polar surface area (TPSA) is 59.0 Å². The van der Waals surface area contributed by atoms with E-state index in [9.17, 15) is 4.79 Å². The van der Waals surface area contributed by atoms with Crippen LogP contribution in [0.1, 0.15) is 11.1 Å². The second kappa shape index (κ2) is 8.55. The van der Waals surface area contributed by atoms with Crippen LogP contribution in [0.15, 0.2) is 18.2 Å². The summed E-state index contributed by atoms with van der Waals surface area (Å²) >= 11 is 0. The van der Waals surface area contributed by atoms with Crippen molar-refractivity contribution in [2.45, 2.75) is 13.8 Å². The van der Waals surface area contributed by atoms with Crippen molar-refractivity contribution in [3.8, 4) is 5.75 Å². The van der Waals surface area contributed by atoms with Crippen LogP contribution in [-0.4, -0.2) is 55.9 Å². The molecule has 1 N–H and O–H groups in total. The number of benzene rings is 1. The lowest BCUT2D eigenvalue weighted by atomic mass is 10.1. The fraction of sp³-hybridized carbons (Fsp3) is 0.533. The van der Waals surface area contributed by atoms with Crippen LogP contribution in [0.25, 0.3) is 0 Å². The van der Waals surface area contributed by atoms with Crippen LogP contribution < -0.4 is 4.74 Å². The first kappa shape index (κ1) is 16.5. The Kier molecular flexibility index (Phi) is 7.04. The third kappa shape index (κ3) is 4.83. The quantitative estimate of drug-likeness (QED) is 0.776. The number of aliphatic hydroxyl groups is 1. The Morgan fingerprint density at radius 2 is 2.05 bits per heavy atom. The van der Waals surface area contributed by atoms with E-state index in [1.807, 2.05) is 32.0 Å². The standard InChI is InChI=1S/C15H23NO4/c1-12-5-4-6-14(13(12)2)20-11-15(18)16(7-9-17)8-10-19-3/h4-6,17H,7-11H2,1-3H3. The normalized spacial score (nSPS) is 10.4. The van der Waals surface area contributed by atoms with Crippen molar-refractivity contribution in [2.75, 3.05) is 40.0 Å². The molecule has 0 unspecified atom stereocenters. The minimum atomic E-state index is -0.156. The van der Waals surface area contributed by atoms with Gasteiger partial charge in [0.2, 0.25) is 0 Å². The summed E-state index contributed by atoms with van der Waals surface area (Å²) in [5.41, 5.74) is 2.16. The molecule has 0 radical (unpaired) electrons. The van der Waals surface area contributed by atoms with Gasteiger partial charge in [-0.05, 0) is 31.0 Å². The van der Waals surface area contributed by atoms with Gasteiger partial charge < -0.3 is 19.5 Å². The predicted molar refractivity (Wildman–Crippen MR) is 77.0 cm³/mol. The van der Waals surface area contributed by atoms with E-state index in [2.05, 4.69) is 0 Å². The van der Waals surface area contributed by atoms with Crippen molar-refractivity contribution >= 4 is 5.91 Å². The first-order valence-electron chi connectivity index (χ1n) is 6.66. The number of ether oxygens (including phenoxy) is 2. The van der Waals surface area contributed by atoms with Crippen molar-refractivity contribution in [1.29, 1.82) is 0 Å². The summed E-state index contributed by atoms with van der Waals surface area (Å²) in [5, 5.41) is 8.98. The van der Waals surface area contributed by atoms with E-state index < -0.39 is 0 Å². The lowest BCUT2D eigenvalue weighted by Crippen LogP contribution is -2.39. The molecule has 0 saturated carbocycles. The molecule has 0 atom stereocenters. The van der Waals surface area contributed by atoms with Gasteiger partial charge >= 0.3 is 0 Å². The van der Waals surface area contributed by atoms with Crippen LogP contribution in [0.4, 0.5) is 0 Å². The van der Waals surface area contributed by atoms with Crippen molar-refractivity contribution in [2.24, 2.45) is 0 Å². The molecule has 0 fully saturated rings. The third-order valence-corrected chi connectivity index (χ3v) is 3.19. The number of carbonyl (C=O) groups is 1. The first-order chi connectivity index (χ1) is 9.60. The van der Waals surface area contributed by atoms with E-state index in [1.54, 1.807) is 7.11 Å². The van der Waals surface area contributed by atoms with Crippen LogP contribution in [0.2, 0.25) is 0 Å². The van der Waals surface area contributed by atoms with Crippen molar-refractivity contribution < 1.29 is 19.4 Å². The Bertz CT molecular complexity index is 434. The predicted octanol–water partition coefficient (Wildman–Crippen LogP) is 1.15.